The first-order valence-corrected chi connectivity index (χ1v) is 7.50. The van der Waals surface area contributed by atoms with Crippen LogP contribution in [0.1, 0.15) is 65.0 Å². The maximum absolute atomic E-state index is 4.23. The molecule has 0 aliphatic rings. The third-order valence-corrected chi connectivity index (χ3v) is 3.39. The monoisotopic (exact) mass is 251 g/mol. The molecule has 0 bridgehead atoms. The lowest BCUT2D eigenvalue weighted by molar-refractivity contribution is 0.472. The van der Waals surface area contributed by atoms with Gasteiger partial charge in [0.1, 0.15) is 0 Å². The first-order valence-electron chi connectivity index (χ1n) is 7.50. The van der Waals surface area contributed by atoms with E-state index in [0.717, 1.165) is 19.5 Å². The van der Waals surface area contributed by atoms with Gasteiger partial charge in [0.05, 0.1) is 12.0 Å². The molecule has 0 amide bonds. The number of nitrogens with one attached hydrogen (secondary N) is 1. The van der Waals surface area contributed by atoms with E-state index in [4.69, 9.17) is 0 Å². The van der Waals surface area contributed by atoms with Crippen LogP contribution in [0.2, 0.25) is 0 Å². The van der Waals surface area contributed by atoms with Crippen molar-refractivity contribution >= 4 is 0 Å². The highest BCUT2D eigenvalue weighted by Crippen LogP contribution is 2.06. The Kier molecular flexibility index (Phi) is 7.74. The Labute approximate surface area is 112 Å². The van der Waals surface area contributed by atoms with Crippen LogP contribution >= 0.6 is 0 Å². The standard InChI is InChI=1S/C15H29N3/c1-4-6-7-8-9-14(3)17-12-15-11-16-13-18(15)10-5-2/h11,13-14,17H,4-10,12H2,1-3H3. The molecule has 104 valence electrons. The summed E-state index contributed by atoms with van der Waals surface area (Å²) in [6.07, 6.45) is 11.8. The van der Waals surface area contributed by atoms with Gasteiger partial charge in [0, 0.05) is 25.3 Å². The third kappa shape index (κ3) is 5.67. The summed E-state index contributed by atoms with van der Waals surface area (Å²) in [7, 11) is 0. The van der Waals surface area contributed by atoms with E-state index in [1.165, 1.54) is 37.8 Å². The van der Waals surface area contributed by atoms with E-state index in [9.17, 15) is 0 Å². The van der Waals surface area contributed by atoms with Crippen LogP contribution in [0.15, 0.2) is 12.5 Å². The zero-order chi connectivity index (χ0) is 13.2. The Morgan fingerprint density at radius 3 is 2.78 bits per heavy atom. The van der Waals surface area contributed by atoms with Gasteiger partial charge in [-0.2, -0.15) is 0 Å². The minimum Gasteiger partial charge on any atom is -0.333 e. The van der Waals surface area contributed by atoms with Crippen molar-refractivity contribution in [3.8, 4) is 0 Å². The number of rotatable bonds is 10. The van der Waals surface area contributed by atoms with Crippen molar-refractivity contribution in [2.75, 3.05) is 0 Å². The summed E-state index contributed by atoms with van der Waals surface area (Å²) in [5, 5.41) is 3.60. The molecule has 1 N–H and O–H groups in total. The van der Waals surface area contributed by atoms with Crippen LogP contribution in [0.25, 0.3) is 0 Å². The number of hydrogen-bond donors (Lipinski definition) is 1. The third-order valence-electron chi connectivity index (χ3n) is 3.39. The molecule has 1 rings (SSSR count). The molecule has 0 aliphatic heterocycles. The fourth-order valence-electron chi connectivity index (χ4n) is 2.20. The molecule has 0 radical (unpaired) electrons. The van der Waals surface area contributed by atoms with Crippen molar-refractivity contribution in [3.63, 3.8) is 0 Å². The first-order chi connectivity index (χ1) is 8.77. The normalized spacial score (nSPS) is 12.8. The second kappa shape index (κ2) is 9.15. The molecule has 1 aromatic heterocycles. The fraction of sp³-hybridized carbons (Fsp3) is 0.800. The number of unbranched alkanes of at least 4 members (excludes halogenated alkanes) is 3. The Bertz CT molecular complexity index is 306. The highest BCUT2D eigenvalue weighted by atomic mass is 15.1. The van der Waals surface area contributed by atoms with Gasteiger partial charge >= 0.3 is 0 Å². The van der Waals surface area contributed by atoms with E-state index in [-0.39, 0.29) is 0 Å². The van der Waals surface area contributed by atoms with Gasteiger partial charge in [-0.05, 0) is 19.8 Å². The smallest absolute Gasteiger partial charge is 0.0948 e. The zero-order valence-corrected chi connectivity index (χ0v) is 12.3. The maximum atomic E-state index is 4.23. The number of aryl methyl sites for hydroxylation is 1. The van der Waals surface area contributed by atoms with Crippen molar-refractivity contribution in [1.82, 2.24) is 14.9 Å². The average Bonchev–Trinajstić information content (AvgIpc) is 2.80. The molecule has 0 aliphatic carbocycles. The SMILES string of the molecule is CCCCCCC(C)NCc1cncn1CCC. The molecular formula is C15H29N3. The van der Waals surface area contributed by atoms with E-state index < -0.39 is 0 Å². The van der Waals surface area contributed by atoms with Gasteiger partial charge in [-0.15, -0.1) is 0 Å². The van der Waals surface area contributed by atoms with Gasteiger partial charge in [-0.1, -0.05) is 39.5 Å². The summed E-state index contributed by atoms with van der Waals surface area (Å²) < 4.78 is 2.25. The summed E-state index contributed by atoms with van der Waals surface area (Å²) in [5.41, 5.74) is 1.30. The molecule has 0 spiro atoms. The summed E-state index contributed by atoms with van der Waals surface area (Å²) in [4.78, 5) is 4.23. The van der Waals surface area contributed by atoms with Crippen LogP contribution < -0.4 is 5.32 Å². The van der Waals surface area contributed by atoms with E-state index in [0.29, 0.717) is 6.04 Å². The number of aromatic nitrogens is 2. The van der Waals surface area contributed by atoms with Crippen LogP contribution in [0, 0.1) is 0 Å². The second-order valence-electron chi connectivity index (χ2n) is 5.21. The molecule has 0 saturated carbocycles. The molecular weight excluding hydrogens is 222 g/mol. The topological polar surface area (TPSA) is 29.9 Å². The van der Waals surface area contributed by atoms with Crippen molar-refractivity contribution in [3.05, 3.63) is 18.2 Å². The molecule has 18 heavy (non-hydrogen) atoms. The van der Waals surface area contributed by atoms with Gasteiger partial charge in [0.2, 0.25) is 0 Å². The molecule has 0 fully saturated rings. The van der Waals surface area contributed by atoms with E-state index >= 15 is 0 Å². The van der Waals surface area contributed by atoms with Crippen LogP contribution in [-0.2, 0) is 13.1 Å². The highest BCUT2D eigenvalue weighted by Gasteiger charge is 2.04. The number of hydrogen-bond acceptors (Lipinski definition) is 2. The van der Waals surface area contributed by atoms with Gasteiger partial charge in [0.25, 0.3) is 0 Å². The van der Waals surface area contributed by atoms with Crippen LogP contribution in [-0.4, -0.2) is 15.6 Å². The Morgan fingerprint density at radius 2 is 2.06 bits per heavy atom. The molecule has 3 nitrogen and oxygen atoms in total. The number of imidazole rings is 1. The van der Waals surface area contributed by atoms with Crippen molar-refractivity contribution in [2.45, 2.75) is 78.4 Å². The summed E-state index contributed by atoms with van der Waals surface area (Å²) in [6, 6.07) is 0.604. The lowest BCUT2D eigenvalue weighted by Gasteiger charge is -2.14. The molecule has 1 aromatic rings. The zero-order valence-electron chi connectivity index (χ0n) is 12.3. The molecule has 3 heteroatoms. The molecule has 1 atom stereocenters. The lowest BCUT2D eigenvalue weighted by Crippen LogP contribution is -2.26. The summed E-state index contributed by atoms with van der Waals surface area (Å²) in [5.74, 6) is 0. The van der Waals surface area contributed by atoms with Crippen LogP contribution in [0.5, 0.6) is 0 Å². The summed E-state index contributed by atoms with van der Waals surface area (Å²) in [6.45, 7) is 8.76. The van der Waals surface area contributed by atoms with Crippen LogP contribution in [0.3, 0.4) is 0 Å². The Balaban J connectivity index is 2.20. The lowest BCUT2D eigenvalue weighted by atomic mass is 10.1. The van der Waals surface area contributed by atoms with E-state index in [2.05, 4.69) is 35.6 Å². The van der Waals surface area contributed by atoms with Crippen molar-refractivity contribution in [1.29, 1.82) is 0 Å². The quantitative estimate of drug-likeness (QED) is 0.642. The van der Waals surface area contributed by atoms with Crippen molar-refractivity contribution in [2.24, 2.45) is 0 Å². The Morgan fingerprint density at radius 1 is 1.22 bits per heavy atom. The molecule has 0 aromatic carbocycles. The number of nitrogens with zero attached hydrogens (tertiary/aromatic N) is 2. The average molecular weight is 251 g/mol. The molecule has 0 saturated heterocycles. The molecule has 1 heterocycles. The summed E-state index contributed by atoms with van der Waals surface area (Å²) >= 11 is 0. The Hall–Kier alpha value is -0.830. The molecule has 1 unspecified atom stereocenters. The van der Waals surface area contributed by atoms with Gasteiger partial charge in [-0.3, -0.25) is 0 Å². The van der Waals surface area contributed by atoms with Crippen molar-refractivity contribution < 1.29 is 0 Å². The predicted molar refractivity (Wildman–Crippen MR) is 77.6 cm³/mol. The fourth-order valence-corrected chi connectivity index (χ4v) is 2.20. The van der Waals surface area contributed by atoms with Gasteiger partial charge in [-0.25, -0.2) is 4.98 Å². The van der Waals surface area contributed by atoms with Gasteiger partial charge in [0.15, 0.2) is 0 Å². The van der Waals surface area contributed by atoms with Crippen LogP contribution in [0.4, 0.5) is 0 Å². The largest absolute Gasteiger partial charge is 0.333 e. The first kappa shape index (κ1) is 15.2. The van der Waals surface area contributed by atoms with Gasteiger partial charge < -0.3 is 9.88 Å². The highest BCUT2D eigenvalue weighted by molar-refractivity contribution is 4.98. The van der Waals surface area contributed by atoms with E-state index in [1.807, 2.05) is 12.5 Å². The van der Waals surface area contributed by atoms with E-state index in [1.54, 1.807) is 0 Å². The minimum absolute atomic E-state index is 0.604. The maximum Gasteiger partial charge on any atom is 0.0948 e. The predicted octanol–water partition coefficient (Wildman–Crippen LogP) is 3.74. The second-order valence-corrected chi connectivity index (χ2v) is 5.21. The minimum atomic E-state index is 0.604.